The standard InChI is InChI=1S/C16H24N2/c1-2-18(15-5-3-4-6-15)12-13-7-8-14-9-10-17-16(14)11-13/h7-8,11,15,17H,2-6,9-10,12H2,1H3. The van der Waals surface area contributed by atoms with Crippen LogP contribution in [0.1, 0.15) is 43.7 Å². The van der Waals surface area contributed by atoms with E-state index in [1.165, 1.54) is 55.5 Å². The zero-order chi connectivity index (χ0) is 12.4. The van der Waals surface area contributed by atoms with Crippen molar-refractivity contribution < 1.29 is 0 Å². The number of hydrogen-bond acceptors (Lipinski definition) is 2. The largest absolute Gasteiger partial charge is 0.384 e. The summed E-state index contributed by atoms with van der Waals surface area (Å²) in [7, 11) is 0. The highest BCUT2D eigenvalue weighted by atomic mass is 15.1. The number of hydrogen-bond donors (Lipinski definition) is 1. The molecule has 0 aromatic heterocycles. The number of benzene rings is 1. The lowest BCUT2D eigenvalue weighted by molar-refractivity contribution is 0.200. The van der Waals surface area contributed by atoms with Crippen molar-refractivity contribution in [3.8, 4) is 0 Å². The summed E-state index contributed by atoms with van der Waals surface area (Å²) in [4.78, 5) is 2.66. The van der Waals surface area contributed by atoms with Gasteiger partial charge in [-0.15, -0.1) is 0 Å². The van der Waals surface area contributed by atoms with Crippen molar-refractivity contribution in [3.63, 3.8) is 0 Å². The van der Waals surface area contributed by atoms with Gasteiger partial charge >= 0.3 is 0 Å². The molecular weight excluding hydrogens is 220 g/mol. The van der Waals surface area contributed by atoms with Crippen LogP contribution in [0.15, 0.2) is 18.2 Å². The molecule has 1 saturated carbocycles. The summed E-state index contributed by atoms with van der Waals surface area (Å²) in [5.74, 6) is 0. The average Bonchev–Trinajstić information content (AvgIpc) is 3.06. The van der Waals surface area contributed by atoms with Crippen LogP contribution in [0, 0.1) is 0 Å². The first-order valence-electron chi connectivity index (χ1n) is 7.46. The Balaban J connectivity index is 1.70. The lowest BCUT2D eigenvalue weighted by Crippen LogP contribution is -2.32. The van der Waals surface area contributed by atoms with Gasteiger partial charge in [-0.05, 0) is 43.0 Å². The summed E-state index contributed by atoms with van der Waals surface area (Å²) >= 11 is 0. The maximum absolute atomic E-state index is 3.48. The molecule has 2 aliphatic rings. The van der Waals surface area contributed by atoms with E-state index in [0.717, 1.165) is 19.1 Å². The first-order valence-corrected chi connectivity index (χ1v) is 7.46. The third kappa shape index (κ3) is 2.39. The zero-order valence-electron chi connectivity index (χ0n) is 11.4. The van der Waals surface area contributed by atoms with E-state index in [9.17, 15) is 0 Å². The molecule has 0 amide bonds. The van der Waals surface area contributed by atoms with Crippen molar-refractivity contribution in [1.29, 1.82) is 0 Å². The summed E-state index contributed by atoms with van der Waals surface area (Å²) in [6.07, 6.45) is 6.84. The normalized spacial score (nSPS) is 19.2. The Labute approximate surface area is 110 Å². The Kier molecular flexibility index (Phi) is 3.55. The lowest BCUT2D eigenvalue weighted by atomic mass is 10.1. The molecule has 1 aliphatic heterocycles. The van der Waals surface area contributed by atoms with Gasteiger partial charge in [0, 0.05) is 24.8 Å². The Morgan fingerprint density at radius 1 is 1.28 bits per heavy atom. The van der Waals surface area contributed by atoms with Gasteiger partial charge in [0.2, 0.25) is 0 Å². The Morgan fingerprint density at radius 3 is 2.89 bits per heavy atom. The molecule has 3 rings (SSSR count). The van der Waals surface area contributed by atoms with Crippen LogP contribution in [0.5, 0.6) is 0 Å². The number of rotatable bonds is 4. The van der Waals surface area contributed by atoms with Crippen molar-refractivity contribution in [1.82, 2.24) is 4.90 Å². The van der Waals surface area contributed by atoms with E-state index in [0.29, 0.717) is 0 Å². The minimum Gasteiger partial charge on any atom is -0.384 e. The molecule has 0 saturated heterocycles. The first kappa shape index (κ1) is 12.0. The van der Waals surface area contributed by atoms with Crippen LogP contribution in [0.25, 0.3) is 0 Å². The second-order valence-corrected chi connectivity index (χ2v) is 5.67. The van der Waals surface area contributed by atoms with E-state index >= 15 is 0 Å². The minimum absolute atomic E-state index is 0.830. The van der Waals surface area contributed by atoms with Gasteiger partial charge in [0.1, 0.15) is 0 Å². The van der Waals surface area contributed by atoms with Gasteiger partial charge in [-0.2, -0.15) is 0 Å². The molecule has 0 bridgehead atoms. The Bertz CT molecular complexity index is 408. The van der Waals surface area contributed by atoms with Gasteiger partial charge in [-0.3, -0.25) is 4.90 Å². The molecule has 0 unspecified atom stereocenters. The predicted molar refractivity (Wildman–Crippen MR) is 77.0 cm³/mol. The second kappa shape index (κ2) is 5.31. The van der Waals surface area contributed by atoms with Crippen LogP contribution in [-0.2, 0) is 13.0 Å². The third-order valence-electron chi connectivity index (χ3n) is 4.52. The summed E-state index contributed by atoms with van der Waals surface area (Å²) in [6.45, 7) is 5.70. The van der Waals surface area contributed by atoms with Gasteiger partial charge in [-0.1, -0.05) is 31.9 Å². The van der Waals surface area contributed by atoms with Crippen molar-refractivity contribution in [3.05, 3.63) is 29.3 Å². The van der Waals surface area contributed by atoms with E-state index < -0.39 is 0 Å². The van der Waals surface area contributed by atoms with Gasteiger partial charge in [0.15, 0.2) is 0 Å². The van der Waals surface area contributed by atoms with Crippen LogP contribution in [0.4, 0.5) is 5.69 Å². The Morgan fingerprint density at radius 2 is 2.11 bits per heavy atom. The van der Waals surface area contributed by atoms with Gasteiger partial charge in [-0.25, -0.2) is 0 Å². The predicted octanol–water partition coefficient (Wildman–Crippen LogP) is 3.42. The highest BCUT2D eigenvalue weighted by Gasteiger charge is 2.21. The van der Waals surface area contributed by atoms with E-state index in [-0.39, 0.29) is 0 Å². The van der Waals surface area contributed by atoms with E-state index in [1.807, 2.05) is 0 Å². The third-order valence-corrected chi connectivity index (χ3v) is 4.52. The molecule has 2 heteroatoms. The highest BCUT2D eigenvalue weighted by Crippen LogP contribution is 2.27. The minimum atomic E-state index is 0.830. The Hall–Kier alpha value is -1.02. The summed E-state index contributed by atoms with van der Waals surface area (Å²) in [5, 5.41) is 3.48. The fraction of sp³-hybridized carbons (Fsp3) is 0.625. The topological polar surface area (TPSA) is 15.3 Å². The molecule has 1 aromatic rings. The monoisotopic (exact) mass is 244 g/mol. The number of nitrogens with zero attached hydrogens (tertiary/aromatic N) is 1. The second-order valence-electron chi connectivity index (χ2n) is 5.67. The molecule has 1 N–H and O–H groups in total. The van der Waals surface area contributed by atoms with E-state index in [4.69, 9.17) is 0 Å². The maximum atomic E-state index is 3.48. The lowest BCUT2D eigenvalue weighted by Gasteiger charge is -2.27. The van der Waals surface area contributed by atoms with E-state index in [2.05, 4.69) is 35.3 Å². The van der Waals surface area contributed by atoms with Crippen LogP contribution in [0.2, 0.25) is 0 Å². The molecule has 1 heterocycles. The molecule has 1 aliphatic carbocycles. The number of nitrogens with one attached hydrogen (secondary N) is 1. The van der Waals surface area contributed by atoms with E-state index in [1.54, 1.807) is 0 Å². The van der Waals surface area contributed by atoms with Crippen LogP contribution in [0.3, 0.4) is 0 Å². The van der Waals surface area contributed by atoms with Crippen molar-refractivity contribution in [2.75, 3.05) is 18.4 Å². The zero-order valence-corrected chi connectivity index (χ0v) is 11.4. The molecule has 0 spiro atoms. The van der Waals surface area contributed by atoms with Crippen molar-refractivity contribution in [2.24, 2.45) is 0 Å². The fourth-order valence-corrected chi connectivity index (χ4v) is 3.44. The highest BCUT2D eigenvalue weighted by molar-refractivity contribution is 5.57. The molecule has 0 atom stereocenters. The number of fused-ring (bicyclic) bond motifs is 1. The maximum Gasteiger partial charge on any atom is 0.0376 e. The quantitative estimate of drug-likeness (QED) is 0.873. The smallest absolute Gasteiger partial charge is 0.0376 e. The van der Waals surface area contributed by atoms with Crippen LogP contribution < -0.4 is 5.32 Å². The van der Waals surface area contributed by atoms with Crippen molar-refractivity contribution in [2.45, 2.75) is 51.6 Å². The molecule has 0 radical (unpaired) electrons. The average molecular weight is 244 g/mol. The molecule has 2 nitrogen and oxygen atoms in total. The fourth-order valence-electron chi connectivity index (χ4n) is 3.44. The summed E-state index contributed by atoms with van der Waals surface area (Å²) < 4.78 is 0. The first-order chi connectivity index (χ1) is 8.86. The summed E-state index contributed by atoms with van der Waals surface area (Å²) in [6, 6.07) is 7.83. The summed E-state index contributed by atoms with van der Waals surface area (Å²) in [5.41, 5.74) is 4.33. The van der Waals surface area contributed by atoms with Crippen molar-refractivity contribution >= 4 is 5.69 Å². The van der Waals surface area contributed by atoms with Crippen LogP contribution in [-0.4, -0.2) is 24.0 Å². The van der Waals surface area contributed by atoms with Gasteiger partial charge in [0.05, 0.1) is 0 Å². The molecule has 1 aromatic carbocycles. The van der Waals surface area contributed by atoms with Gasteiger partial charge < -0.3 is 5.32 Å². The molecule has 1 fully saturated rings. The molecular formula is C16H24N2. The molecule has 98 valence electrons. The van der Waals surface area contributed by atoms with Gasteiger partial charge in [0.25, 0.3) is 0 Å². The van der Waals surface area contributed by atoms with Crippen LogP contribution >= 0.6 is 0 Å². The number of anilines is 1. The molecule has 18 heavy (non-hydrogen) atoms. The SMILES string of the molecule is CCN(Cc1ccc2c(c1)NCC2)C1CCCC1.